The van der Waals surface area contributed by atoms with Crippen LogP contribution in [0.2, 0.25) is 10.0 Å². The molecule has 0 atom stereocenters. The van der Waals surface area contributed by atoms with Crippen LogP contribution in [-0.2, 0) is 11.8 Å². The lowest BCUT2D eigenvalue weighted by atomic mass is 10.2. The van der Waals surface area contributed by atoms with Gasteiger partial charge in [0.25, 0.3) is 0 Å². The zero-order valence-electron chi connectivity index (χ0n) is 14.2. The van der Waals surface area contributed by atoms with Crippen molar-refractivity contribution in [2.75, 3.05) is 11.1 Å². The Balaban J connectivity index is 1.66. The van der Waals surface area contributed by atoms with Gasteiger partial charge in [-0.3, -0.25) is 4.79 Å². The number of halogens is 2. The average Bonchev–Trinajstić information content (AvgIpc) is 3.02. The molecule has 3 aromatic rings. The number of benzene rings is 1. The van der Waals surface area contributed by atoms with Crippen LogP contribution >= 0.6 is 35.0 Å². The molecular weight excluding hydrogens is 391 g/mol. The molecule has 8 heteroatoms. The minimum atomic E-state index is -0.213. The maximum Gasteiger partial charge on any atom is 0.236 e. The van der Waals surface area contributed by atoms with E-state index in [9.17, 15) is 4.79 Å². The van der Waals surface area contributed by atoms with E-state index in [4.69, 9.17) is 23.2 Å². The monoisotopic (exact) mass is 406 g/mol. The predicted octanol–water partition coefficient (Wildman–Crippen LogP) is 4.83. The zero-order valence-corrected chi connectivity index (χ0v) is 16.5. The molecule has 0 aliphatic rings. The van der Waals surface area contributed by atoms with Gasteiger partial charge in [-0.2, -0.15) is 0 Å². The topological polar surface area (TPSA) is 59.8 Å². The van der Waals surface area contributed by atoms with E-state index >= 15 is 0 Å². The first-order valence-electron chi connectivity index (χ1n) is 7.77. The van der Waals surface area contributed by atoms with Crippen LogP contribution in [0.15, 0.2) is 47.9 Å². The van der Waals surface area contributed by atoms with Crippen LogP contribution in [0.1, 0.15) is 5.56 Å². The van der Waals surface area contributed by atoms with Crippen molar-refractivity contribution in [1.82, 2.24) is 14.5 Å². The van der Waals surface area contributed by atoms with E-state index in [-0.39, 0.29) is 11.7 Å². The molecule has 0 spiro atoms. The van der Waals surface area contributed by atoms with Crippen molar-refractivity contribution in [2.24, 2.45) is 7.05 Å². The standard InChI is InChI=1S/C18H16Cl2N4OS/c1-11-13(19)8-21-17(16(11)20)23-15(25)10-26-18-22-9-14(24(18)2)12-6-4-3-5-7-12/h3-9H,10H2,1-2H3,(H,21,23,25). The average molecular weight is 407 g/mol. The fraction of sp³-hybridized carbons (Fsp3) is 0.167. The summed E-state index contributed by atoms with van der Waals surface area (Å²) in [5.41, 5.74) is 2.75. The van der Waals surface area contributed by atoms with Crippen molar-refractivity contribution in [1.29, 1.82) is 0 Å². The molecule has 0 saturated heterocycles. The molecule has 26 heavy (non-hydrogen) atoms. The Morgan fingerprint density at radius 2 is 1.92 bits per heavy atom. The molecule has 2 aromatic heterocycles. The van der Waals surface area contributed by atoms with Gasteiger partial charge in [0.05, 0.1) is 27.7 Å². The minimum absolute atomic E-state index is 0.193. The molecule has 1 aromatic carbocycles. The summed E-state index contributed by atoms with van der Waals surface area (Å²) in [4.78, 5) is 20.7. The number of rotatable bonds is 5. The molecule has 2 heterocycles. The first-order chi connectivity index (χ1) is 12.5. The van der Waals surface area contributed by atoms with Crippen molar-refractivity contribution in [2.45, 2.75) is 12.1 Å². The number of thioether (sulfide) groups is 1. The molecule has 3 rings (SSSR count). The Morgan fingerprint density at radius 1 is 1.19 bits per heavy atom. The number of amides is 1. The molecule has 1 N–H and O–H groups in total. The second-order valence-corrected chi connectivity index (χ2v) is 7.31. The van der Waals surface area contributed by atoms with Gasteiger partial charge in [0.2, 0.25) is 5.91 Å². The van der Waals surface area contributed by atoms with Crippen LogP contribution in [0.25, 0.3) is 11.3 Å². The van der Waals surface area contributed by atoms with Crippen LogP contribution in [0.4, 0.5) is 5.82 Å². The van der Waals surface area contributed by atoms with Crippen LogP contribution < -0.4 is 5.32 Å². The molecule has 0 fully saturated rings. The van der Waals surface area contributed by atoms with Crippen molar-refractivity contribution in [3.05, 3.63) is 58.3 Å². The maximum absolute atomic E-state index is 12.2. The Bertz CT molecular complexity index is 944. The number of hydrogen-bond donors (Lipinski definition) is 1. The smallest absolute Gasteiger partial charge is 0.236 e. The summed E-state index contributed by atoms with van der Waals surface area (Å²) in [6.45, 7) is 1.77. The second kappa shape index (κ2) is 8.12. The van der Waals surface area contributed by atoms with Crippen LogP contribution in [0, 0.1) is 6.92 Å². The lowest BCUT2D eigenvalue weighted by molar-refractivity contribution is -0.113. The van der Waals surface area contributed by atoms with Gasteiger partial charge in [-0.1, -0.05) is 65.3 Å². The van der Waals surface area contributed by atoms with Crippen molar-refractivity contribution >= 4 is 46.7 Å². The summed E-state index contributed by atoms with van der Waals surface area (Å²) in [7, 11) is 1.93. The third kappa shape index (κ3) is 4.03. The maximum atomic E-state index is 12.2. The van der Waals surface area contributed by atoms with E-state index in [1.807, 2.05) is 41.9 Å². The van der Waals surface area contributed by atoms with Gasteiger partial charge in [-0.05, 0) is 18.1 Å². The molecule has 5 nitrogen and oxygen atoms in total. The van der Waals surface area contributed by atoms with Crippen LogP contribution in [-0.4, -0.2) is 26.2 Å². The fourth-order valence-electron chi connectivity index (χ4n) is 2.35. The number of anilines is 1. The number of nitrogens with zero attached hydrogens (tertiary/aromatic N) is 3. The van der Waals surface area contributed by atoms with Crippen molar-refractivity contribution in [3.8, 4) is 11.3 Å². The lowest BCUT2D eigenvalue weighted by Crippen LogP contribution is -2.16. The molecule has 0 radical (unpaired) electrons. The number of imidazole rings is 1. The lowest BCUT2D eigenvalue weighted by Gasteiger charge is -2.09. The summed E-state index contributed by atoms with van der Waals surface area (Å²) in [5.74, 6) is 0.290. The molecule has 0 bridgehead atoms. The molecule has 1 amide bonds. The van der Waals surface area contributed by atoms with E-state index in [0.717, 1.165) is 16.4 Å². The minimum Gasteiger partial charge on any atom is -0.322 e. The summed E-state index contributed by atoms with van der Waals surface area (Å²) < 4.78 is 1.96. The number of nitrogens with one attached hydrogen (secondary N) is 1. The Morgan fingerprint density at radius 3 is 2.65 bits per heavy atom. The van der Waals surface area contributed by atoms with Gasteiger partial charge in [-0.25, -0.2) is 9.97 Å². The van der Waals surface area contributed by atoms with E-state index in [0.29, 0.717) is 21.4 Å². The summed E-state index contributed by atoms with van der Waals surface area (Å²) in [5, 5.41) is 4.27. The van der Waals surface area contributed by atoms with E-state index in [1.165, 1.54) is 18.0 Å². The number of carbonyl (C=O) groups is 1. The molecular formula is C18H16Cl2N4OS. The first kappa shape index (κ1) is 18.8. The van der Waals surface area contributed by atoms with Gasteiger partial charge in [0, 0.05) is 13.2 Å². The van der Waals surface area contributed by atoms with Gasteiger partial charge in [0.15, 0.2) is 11.0 Å². The number of carbonyl (C=O) groups excluding carboxylic acids is 1. The number of pyridine rings is 1. The Hall–Kier alpha value is -2.02. The fourth-order valence-corrected chi connectivity index (χ4v) is 3.49. The van der Waals surface area contributed by atoms with Crippen LogP contribution in [0.3, 0.4) is 0 Å². The molecule has 0 aliphatic heterocycles. The first-order valence-corrected chi connectivity index (χ1v) is 9.52. The van der Waals surface area contributed by atoms with E-state index in [1.54, 1.807) is 13.1 Å². The highest BCUT2D eigenvalue weighted by molar-refractivity contribution is 7.99. The highest BCUT2D eigenvalue weighted by Crippen LogP contribution is 2.29. The highest BCUT2D eigenvalue weighted by Gasteiger charge is 2.14. The Labute approximate surface area is 165 Å². The molecule has 0 unspecified atom stereocenters. The number of aromatic nitrogens is 3. The third-order valence-corrected chi connectivity index (χ3v) is 5.70. The largest absolute Gasteiger partial charge is 0.322 e. The Kier molecular flexibility index (Phi) is 5.86. The zero-order chi connectivity index (χ0) is 18.7. The van der Waals surface area contributed by atoms with E-state index < -0.39 is 0 Å². The molecule has 0 saturated carbocycles. The van der Waals surface area contributed by atoms with E-state index in [2.05, 4.69) is 15.3 Å². The van der Waals surface area contributed by atoms with Gasteiger partial charge >= 0.3 is 0 Å². The summed E-state index contributed by atoms with van der Waals surface area (Å²) >= 11 is 13.5. The highest BCUT2D eigenvalue weighted by atomic mass is 35.5. The predicted molar refractivity (Wildman–Crippen MR) is 107 cm³/mol. The summed E-state index contributed by atoms with van der Waals surface area (Å²) in [6.07, 6.45) is 3.27. The summed E-state index contributed by atoms with van der Waals surface area (Å²) in [6, 6.07) is 9.97. The SMILES string of the molecule is Cc1c(Cl)cnc(NC(=O)CSc2ncc(-c3ccccc3)n2C)c1Cl. The quantitative estimate of drug-likeness (QED) is 0.616. The van der Waals surface area contributed by atoms with Crippen molar-refractivity contribution in [3.63, 3.8) is 0 Å². The van der Waals surface area contributed by atoms with Crippen molar-refractivity contribution < 1.29 is 4.79 Å². The normalized spacial score (nSPS) is 10.8. The van der Waals surface area contributed by atoms with Gasteiger partial charge in [-0.15, -0.1) is 0 Å². The second-order valence-electron chi connectivity index (χ2n) is 5.58. The van der Waals surface area contributed by atoms with Crippen LogP contribution in [0.5, 0.6) is 0 Å². The van der Waals surface area contributed by atoms with Gasteiger partial charge in [0.1, 0.15) is 0 Å². The molecule has 0 aliphatic carbocycles. The molecule has 134 valence electrons. The third-order valence-electron chi connectivity index (χ3n) is 3.81. The van der Waals surface area contributed by atoms with Gasteiger partial charge < -0.3 is 9.88 Å². The number of hydrogen-bond acceptors (Lipinski definition) is 4.